The number of hydrogen-bond acceptors (Lipinski definition) is 3. The summed E-state index contributed by atoms with van der Waals surface area (Å²) in [6, 6.07) is 8.99. The first-order chi connectivity index (χ1) is 11.2. The lowest BCUT2D eigenvalue weighted by atomic mass is 9.62. The van der Waals surface area contributed by atoms with E-state index in [2.05, 4.69) is 31.2 Å². The zero-order chi connectivity index (χ0) is 15.9. The molecule has 0 amide bonds. The van der Waals surface area contributed by atoms with Gasteiger partial charge in [-0.3, -0.25) is 0 Å². The second kappa shape index (κ2) is 5.87. The van der Waals surface area contributed by atoms with Gasteiger partial charge in [0.1, 0.15) is 0 Å². The van der Waals surface area contributed by atoms with E-state index in [0.29, 0.717) is 18.4 Å². The first-order valence-corrected chi connectivity index (χ1v) is 9.15. The maximum Gasteiger partial charge on any atom is 0.168 e. The van der Waals surface area contributed by atoms with Gasteiger partial charge in [-0.2, -0.15) is 0 Å². The SMILES string of the molecule is C[C@@H](CO)C[C@@H]1Cc2ccccc2C12CCC1(CC2)OCCO1. The molecule has 1 saturated carbocycles. The van der Waals surface area contributed by atoms with Crippen LogP contribution in [0.15, 0.2) is 24.3 Å². The monoisotopic (exact) mass is 316 g/mol. The van der Waals surface area contributed by atoms with Crippen molar-refractivity contribution in [2.24, 2.45) is 11.8 Å². The van der Waals surface area contributed by atoms with Crippen LogP contribution in [0.2, 0.25) is 0 Å². The molecule has 1 heterocycles. The predicted octanol–water partition coefficient (Wildman–Crippen LogP) is 3.43. The highest BCUT2D eigenvalue weighted by molar-refractivity contribution is 5.41. The van der Waals surface area contributed by atoms with Crippen LogP contribution in [0.4, 0.5) is 0 Å². The largest absolute Gasteiger partial charge is 0.396 e. The molecule has 3 aliphatic rings. The molecule has 3 heteroatoms. The van der Waals surface area contributed by atoms with Crippen molar-refractivity contribution in [3.8, 4) is 0 Å². The lowest BCUT2D eigenvalue weighted by molar-refractivity contribution is -0.187. The van der Waals surface area contributed by atoms with Gasteiger partial charge >= 0.3 is 0 Å². The van der Waals surface area contributed by atoms with Crippen molar-refractivity contribution in [1.29, 1.82) is 0 Å². The van der Waals surface area contributed by atoms with Crippen molar-refractivity contribution < 1.29 is 14.6 Å². The third kappa shape index (κ3) is 2.54. The first kappa shape index (κ1) is 15.6. The molecular formula is C20H28O3. The third-order valence-electron chi connectivity index (χ3n) is 6.52. The van der Waals surface area contributed by atoms with E-state index in [1.807, 2.05) is 0 Å². The topological polar surface area (TPSA) is 38.7 Å². The van der Waals surface area contributed by atoms with Crippen LogP contribution in [0.25, 0.3) is 0 Å². The van der Waals surface area contributed by atoms with Gasteiger partial charge in [-0.1, -0.05) is 31.2 Å². The van der Waals surface area contributed by atoms with Crippen molar-refractivity contribution in [2.75, 3.05) is 19.8 Å². The normalized spacial score (nSPS) is 29.0. The van der Waals surface area contributed by atoms with Crippen LogP contribution >= 0.6 is 0 Å². The number of aliphatic hydroxyl groups excluding tert-OH is 1. The summed E-state index contributed by atoms with van der Waals surface area (Å²) < 4.78 is 11.9. The average molecular weight is 316 g/mol. The Bertz CT molecular complexity index is 552. The molecule has 1 N–H and O–H groups in total. The quantitative estimate of drug-likeness (QED) is 0.928. The van der Waals surface area contributed by atoms with Crippen molar-refractivity contribution >= 4 is 0 Å². The van der Waals surface area contributed by atoms with Crippen LogP contribution in [0.3, 0.4) is 0 Å². The summed E-state index contributed by atoms with van der Waals surface area (Å²) in [5.74, 6) is 0.720. The number of benzene rings is 1. The highest BCUT2D eigenvalue weighted by Crippen LogP contribution is 2.56. The molecule has 0 unspecified atom stereocenters. The Labute approximate surface area is 139 Å². The van der Waals surface area contributed by atoms with E-state index in [0.717, 1.165) is 51.7 Å². The van der Waals surface area contributed by atoms with E-state index in [1.54, 1.807) is 5.56 Å². The minimum absolute atomic E-state index is 0.264. The fourth-order valence-corrected chi connectivity index (χ4v) is 5.27. The molecule has 0 radical (unpaired) electrons. The molecule has 126 valence electrons. The number of ether oxygens (including phenoxy) is 2. The van der Waals surface area contributed by atoms with Gasteiger partial charge in [0.25, 0.3) is 0 Å². The molecule has 2 fully saturated rings. The predicted molar refractivity (Wildman–Crippen MR) is 89.3 cm³/mol. The zero-order valence-electron chi connectivity index (χ0n) is 14.1. The molecule has 0 bridgehead atoms. The van der Waals surface area contributed by atoms with Gasteiger partial charge in [0.2, 0.25) is 0 Å². The molecule has 2 aliphatic carbocycles. The number of fused-ring (bicyclic) bond motifs is 2. The molecular weight excluding hydrogens is 288 g/mol. The summed E-state index contributed by atoms with van der Waals surface area (Å²) >= 11 is 0. The summed E-state index contributed by atoms with van der Waals surface area (Å²) in [5.41, 5.74) is 3.34. The zero-order valence-corrected chi connectivity index (χ0v) is 14.1. The van der Waals surface area contributed by atoms with E-state index in [-0.39, 0.29) is 11.2 Å². The Balaban J connectivity index is 1.62. The van der Waals surface area contributed by atoms with Crippen molar-refractivity contribution in [3.05, 3.63) is 35.4 Å². The molecule has 2 spiro atoms. The van der Waals surface area contributed by atoms with Gasteiger partial charge < -0.3 is 14.6 Å². The molecule has 1 aromatic rings. The van der Waals surface area contributed by atoms with Crippen LogP contribution in [0.1, 0.15) is 50.2 Å². The molecule has 1 aromatic carbocycles. The van der Waals surface area contributed by atoms with Crippen molar-refractivity contribution in [1.82, 2.24) is 0 Å². The van der Waals surface area contributed by atoms with Gasteiger partial charge in [0.05, 0.1) is 13.2 Å². The molecule has 23 heavy (non-hydrogen) atoms. The van der Waals surface area contributed by atoms with Gasteiger partial charge in [-0.05, 0) is 54.1 Å². The Morgan fingerprint density at radius 1 is 1.13 bits per heavy atom. The summed E-state index contributed by atoms with van der Waals surface area (Å²) in [6.45, 7) is 3.95. The Kier molecular flexibility index (Phi) is 3.99. The van der Waals surface area contributed by atoms with E-state index >= 15 is 0 Å². The van der Waals surface area contributed by atoms with Crippen LogP contribution in [-0.2, 0) is 21.3 Å². The number of rotatable bonds is 3. The van der Waals surface area contributed by atoms with E-state index in [9.17, 15) is 5.11 Å². The van der Waals surface area contributed by atoms with Crippen LogP contribution in [0.5, 0.6) is 0 Å². The van der Waals surface area contributed by atoms with Gasteiger partial charge in [-0.25, -0.2) is 0 Å². The summed E-state index contributed by atoms with van der Waals surface area (Å²) in [5, 5.41) is 9.53. The molecule has 4 rings (SSSR count). The summed E-state index contributed by atoms with van der Waals surface area (Å²) in [4.78, 5) is 0. The maximum atomic E-state index is 9.53. The lowest BCUT2D eigenvalue weighted by Crippen LogP contribution is -2.44. The summed E-state index contributed by atoms with van der Waals surface area (Å²) in [6.07, 6.45) is 6.57. The van der Waals surface area contributed by atoms with Crippen molar-refractivity contribution in [3.63, 3.8) is 0 Å². The first-order valence-electron chi connectivity index (χ1n) is 9.15. The molecule has 2 atom stereocenters. The fourth-order valence-electron chi connectivity index (χ4n) is 5.27. The minimum atomic E-state index is -0.296. The number of hydrogen-bond donors (Lipinski definition) is 1. The number of aliphatic hydroxyl groups is 1. The van der Waals surface area contributed by atoms with Crippen molar-refractivity contribution in [2.45, 2.75) is 56.7 Å². The van der Waals surface area contributed by atoms with E-state index in [4.69, 9.17) is 9.47 Å². The summed E-state index contributed by atoms with van der Waals surface area (Å²) in [7, 11) is 0. The molecule has 0 aromatic heterocycles. The Hall–Kier alpha value is -0.900. The highest BCUT2D eigenvalue weighted by atomic mass is 16.7. The smallest absolute Gasteiger partial charge is 0.168 e. The van der Waals surface area contributed by atoms with Gasteiger partial charge in [-0.15, -0.1) is 0 Å². The lowest BCUT2D eigenvalue weighted by Gasteiger charge is -2.46. The van der Waals surface area contributed by atoms with Crippen LogP contribution in [0, 0.1) is 11.8 Å². The molecule has 1 aliphatic heterocycles. The maximum absolute atomic E-state index is 9.53. The second-order valence-corrected chi connectivity index (χ2v) is 7.85. The van der Waals surface area contributed by atoms with Crippen LogP contribution < -0.4 is 0 Å². The van der Waals surface area contributed by atoms with Gasteiger partial charge in [0.15, 0.2) is 5.79 Å². The standard InChI is InChI=1S/C20H28O3/c1-15(14-21)12-17-13-16-4-2-3-5-18(16)19(17)6-8-20(9-7-19)22-10-11-23-20/h2-5,15,17,21H,6-14H2,1H3/t15-,17-/m1/s1. The Morgan fingerprint density at radius 2 is 1.83 bits per heavy atom. The molecule has 3 nitrogen and oxygen atoms in total. The fraction of sp³-hybridized carbons (Fsp3) is 0.700. The third-order valence-corrected chi connectivity index (χ3v) is 6.52. The second-order valence-electron chi connectivity index (χ2n) is 7.85. The van der Waals surface area contributed by atoms with E-state index in [1.165, 1.54) is 5.56 Å². The highest BCUT2D eigenvalue weighted by Gasteiger charge is 2.53. The average Bonchev–Trinajstić information content (AvgIpc) is 3.15. The Morgan fingerprint density at radius 3 is 2.52 bits per heavy atom. The minimum Gasteiger partial charge on any atom is -0.396 e. The molecule has 1 saturated heterocycles. The van der Waals surface area contributed by atoms with Crippen LogP contribution in [-0.4, -0.2) is 30.7 Å². The van der Waals surface area contributed by atoms with E-state index < -0.39 is 0 Å². The van der Waals surface area contributed by atoms with Gasteiger partial charge in [0, 0.05) is 19.4 Å².